The zero-order valence-corrected chi connectivity index (χ0v) is 15.0. The maximum atomic E-state index is 13.1. The zero-order chi connectivity index (χ0) is 20.3. The van der Waals surface area contributed by atoms with Gasteiger partial charge >= 0.3 is 12.1 Å². The van der Waals surface area contributed by atoms with Crippen molar-refractivity contribution in [2.24, 2.45) is 5.73 Å². The van der Waals surface area contributed by atoms with Gasteiger partial charge in [0.2, 0.25) is 5.88 Å². The van der Waals surface area contributed by atoms with E-state index in [1.165, 1.54) is 6.07 Å². The summed E-state index contributed by atoms with van der Waals surface area (Å²) in [6.45, 7) is 1.92. The van der Waals surface area contributed by atoms with Gasteiger partial charge in [0.15, 0.2) is 0 Å². The molecule has 0 aliphatic rings. The lowest BCUT2D eigenvalue weighted by atomic mass is 10.2. The number of esters is 1. The first kappa shape index (κ1) is 19.7. The Balaban J connectivity index is 1.95. The van der Waals surface area contributed by atoms with Crippen LogP contribution in [0, 0.1) is 0 Å². The molecule has 9 heteroatoms. The van der Waals surface area contributed by atoms with Crippen LogP contribution in [0.2, 0.25) is 0 Å². The van der Waals surface area contributed by atoms with E-state index in [4.69, 9.17) is 15.2 Å². The highest BCUT2D eigenvalue weighted by atomic mass is 19.4. The molecule has 3 rings (SSSR count). The van der Waals surface area contributed by atoms with Gasteiger partial charge in [-0.2, -0.15) is 13.2 Å². The number of fused-ring (bicyclic) bond motifs is 1. The van der Waals surface area contributed by atoms with Crippen molar-refractivity contribution in [1.82, 2.24) is 9.55 Å². The molecule has 0 radical (unpaired) electrons. The van der Waals surface area contributed by atoms with E-state index >= 15 is 0 Å². The van der Waals surface area contributed by atoms with Crippen LogP contribution in [0.3, 0.4) is 0 Å². The van der Waals surface area contributed by atoms with Crippen molar-refractivity contribution in [2.45, 2.75) is 26.2 Å². The second-order valence-electron chi connectivity index (χ2n) is 5.94. The van der Waals surface area contributed by atoms with Crippen molar-refractivity contribution in [3.05, 3.63) is 53.9 Å². The van der Waals surface area contributed by atoms with E-state index < -0.39 is 17.8 Å². The third-order valence-corrected chi connectivity index (χ3v) is 3.98. The van der Waals surface area contributed by atoms with E-state index in [0.717, 1.165) is 6.07 Å². The van der Waals surface area contributed by atoms with Gasteiger partial charge in [-0.15, -0.1) is 0 Å². The molecule has 148 valence electrons. The molecule has 2 N–H and O–H groups in total. The highest BCUT2D eigenvalue weighted by Crippen LogP contribution is 2.33. The fourth-order valence-electron chi connectivity index (χ4n) is 2.75. The number of ether oxygens (including phenoxy) is 2. The van der Waals surface area contributed by atoms with Gasteiger partial charge in [-0.3, -0.25) is 4.79 Å². The van der Waals surface area contributed by atoms with Gasteiger partial charge in [-0.25, -0.2) is 4.98 Å². The maximum Gasteiger partial charge on any atom is 0.433 e. The highest BCUT2D eigenvalue weighted by molar-refractivity contribution is 5.87. The third kappa shape index (κ3) is 4.25. The highest BCUT2D eigenvalue weighted by Gasteiger charge is 2.33. The molecule has 1 aromatic carbocycles. The number of aromatic nitrogens is 2. The number of hydrogen-bond donors (Lipinski definition) is 1. The van der Waals surface area contributed by atoms with Gasteiger partial charge in [0, 0.05) is 24.2 Å². The van der Waals surface area contributed by atoms with Crippen LogP contribution in [0.1, 0.15) is 18.2 Å². The lowest BCUT2D eigenvalue weighted by molar-refractivity contribution is -0.144. The molecular formula is C19H18F3N3O3. The Morgan fingerprint density at radius 2 is 2.04 bits per heavy atom. The molecule has 0 fully saturated rings. The number of halogens is 3. The Morgan fingerprint density at radius 3 is 2.71 bits per heavy atom. The predicted molar refractivity (Wildman–Crippen MR) is 95.8 cm³/mol. The molecule has 0 unspecified atom stereocenters. The average molecular weight is 393 g/mol. The number of nitrogens with zero attached hydrogens (tertiary/aromatic N) is 2. The molecule has 0 atom stereocenters. The Kier molecular flexibility index (Phi) is 5.55. The van der Waals surface area contributed by atoms with E-state index in [1.54, 1.807) is 42.0 Å². The van der Waals surface area contributed by atoms with Crippen molar-refractivity contribution in [3.8, 4) is 11.6 Å². The summed E-state index contributed by atoms with van der Waals surface area (Å²) >= 11 is 0. The molecule has 0 amide bonds. The summed E-state index contributed by atoms with van der Waals surface area (Å²) in [5, 5.41) is 0.625. The lowest BCUT2D eigenvalue weighted by Gasteiger charge is -2.12. The fourth-order valence-corrected chi connectivity index (χ4v) is 2.75. The van der Waals surface area contributed by atoms with Gasteiger partial charge < -0.3 is 19.8 Å². The van der Waals surface area contributed by atoms with Gasteiger partial charge in [0.1, 0.15) is 18.0 Å². The normalized spacial score (nSPS) is 11.6. The van der Waals surface area contributed by atoms with Gasteiger partial charge in [-0.05, 0) is 36.8 Å². The molecule has 0 saturated heterocycles. The van der Waals surface area contributed by atoms with E-state index in [2.05, 4.69) is 4.98 Å². The quantitative estimate of drug-likeness (QED) is 0.643. The number of rotatable bonds is 6. The Morgan fingerprint density at radius 1 is 1.25 bits per heavy atom. The molecule has 2 aromatic heterocycles. The minimum Gasteiger partial charge on any atom is -0.465 e. The number of benzene rings is 1. The van der Waals surface area contributed by atoms with Gasteiger partial charge in [0.25, 0.3) is 0 Å². The zero-order valence-electron chi connectivity index (χ0n) is 15.0. The van der Waals surface area contributed by atoms with Crippen molar-refractivity contribution in [2.75, 3.05) is 6.61 Å². The molecule has 3 aromatic rings. The van der Waals surface area contributed by atoms with Crippen molar-refractivity contribution >= 4 is 16.9 Å². The first-order valence-corrected chi connectivity index (χ1v) is 8.51. The molecule has 0 spiro atoms. The average Bonchev–Trinajstić information content (AvgIpc) is 3.05. The summed E-state index contributed by atoms with van der Waals surface area (Å²) in [5.74, 6) is -0.283. The van der Waals surface area contributed by atoms with Crippen LogP contribution in [-0.4, -0.2) is 22.1 Å². The molecule has 0 aliphatic carbocycles. The van der Waals surface area contributed by atoms with Gasteiger partial charge in [-0.1, -0.05) is 6.07 Å². The predicted octanol–water partition coefficient (Wildman–Crippen LogP) is 3.87. The summed E-state index contributed by atoms with van der Waals surface area (Å²) in [4.78, 5) is 15.3. The topological polar surface area (TPSA) is 79.4 Å². The maximum absolute atomic E-state index is 13.1. The smallest absolute Gasteiger partial charge is 0.433 e. The summed E-state index contributed by atoms with van der Waals surface area (Å²) in [7, 11) is 0. The van der Waals surface area contributed by atoms with E-state index in [9.17, 15) is 18.0 Å². The molecule has 6 nitrogen and oxygen atoms in total. The van der Waals surface area contributed by atoms with E-state index in [-0.39, 0.29) is 31.1 Å². The third-order valence-electron chi connectivity index (χ3n) is 3.98. The molecule has 0 bridgehead atoms. The van der Waals surface area contributed by atoms with Crippen LogP contribution in [-0.2, 0) is 28.8 Å². The van der Waals surface area contributed by atoms with Crippen LogP contribution in [0.15, 0.2) is 42.6 Å². The molecule has 2 heterocycles. The van der Waals surface area contributed by atoms with Crippen molar-refractivity contribution in [1.29, 1.82) is 0 Å². The number of alkyl halides is 3. The van der Waals surface area contributed by atoms with Crippen molar-refractivity contribution in [3.63, 3.8) is 0 Å². The largest absolute Gasteiger partial charge is 0.465 e. The monoisotopic (exact) mass is 393 g/mol. The molecule has 0 saturated carbocycles. The summed E-state index contributed by atoms with van der Waals surface area (Å²) in [6, 6.07) is 9.03. The first-order chi connectivity index (χ1) is 13.3. The van der Waals surface area contributed by atoms with Crippen LogP contribution in [0.4, 0.5) is 13.2 Å². The molecular weight excluding hydrogens is 375 g/mol. The molecule has 28 heavy (non-hydrogen) atoms. The Labute approximate surface area is 158 Å². The number of carbonyl (C=O) groups excluding carboxylic acids is 1. The van der Waals surface area contributed by atoms with Gasteiger partial charge in [0.05, 0.1) is 12.1 Å². The lowest BCUT2D eigenvalue weighted by Crippen LogP contribution is -2.12. The van der Waals surface area contributed by atoms with E-state index in [1.807, 2.05) is 0 Å². The SMILES string of the molecule is CCOC(=O)Cn1ccc2c(Oc3cc(CN)cc(C(F)(F)F)n3)cccc21. The number of nitrogens with two attached hydrogens (primary N) is 1. The Hall–Kier alpha value is -3.07. The second kappa shape index (κ2) is 7.89. The van der Waals surface area contributed by atoms with Crippen molar-refractivity contribution < 1.29 is 27.4 Å². The Bertz CT molecular complexity index is 999. The van der Waals surface area contributed by atoms with Crippen LogP contribution in [0.5, 0.6) is 11.6 Å². The van der Waals surface area contributed by atoms with Crippen LogP contribution >= 0.6 is 0 Å². The number of pyridine rings is 1. The standard InChI is InChI=1S/C19H18F3N3O3/c1-2-27-18(26)11-25-7-6-13-14(25)4-3-5-15(13)28-17-9-12(10-23)8-16(24-17)19(20,21)22/h3-9H,2,10-11,23H2,1H3. The van der Waals surface area contributed by atoms with Crippen LogP contribution in [0.25, 0.3) is 10.9 Å². The molecule has 0 aliphatic heterocycles. The fraction of sp³-hybridized carbons (Fsp3) is 0.263. The van der Waals surface area contributed by atoms with E-state index in [0.29, 0.717) is 16.7 Å². The second-order valence-corrected chi connectivity index (χ2v) is 5.94. The minimum atomic E-state index is -4.61. The summed E-state index contributed by atoms with van der Waals surface area (Å²) < 4.78 is 51.4. The first-order valence-electron chi connectivity index (χ1n) is 8.51. The minimum absolute atomic E-state index is 0.0138. The summed E-state index contributed by atoms with van der Waals surface area (Å²) in [5.41, 5.74) is 5.35. The van der Waals surface area contributed by atoms with Crippen LogP contribution < -0.4 is 10.5 Å². The summed E-state index contributed by atoms with van der Waals surface area (Å²) in [6.07, 6.45) is -2.93. The number of hydrogen-bond acceptors (Lipinski definition) is 5. The number of carbonyl (C=O) groups is 1.